The lowest BCUT2D eigenvalue weighted by atomic mass is 10.1. The maximum absolute atomic E-state index is 12.1. The van der Waals surface area contributed by atoms with E-state index >= 15 is 0 Å². The number of aromatic amines is 1. The van der Waals surface area contributed by atoms with Gasteiger partial charge in [-0.25, -0.2) is 4.79 Å². The Kier molecular flexibility index (Phi) is 3.64. The molecule has 104 valence electrons. The van der Waals surface area contributed by atoms with Crippen LogP contribution in [0.2, 0.25) is 0 Å². The van der Waals surface area contributed by atoms with Crippen LogP contribution in [0.5, 0.6) is 0 Å². The third-order valence-electron chi connectivity index (χ3n) is 3.09. The third-order valence-corrected chi connectivity index (χ3v) is 3.09. The number of H-pyrrole nitrogens is 1. The van der Waals surface area contributed by atoms with Gasteiger partial charge >= 0.3 is 6.09 Å². The van der Waals surface area contributed by atoms with Gasteiger partial charge in [0.15, 0.2) is 0 Å². The van der Waals surface area contributed by atoms with Gasteiger partial charge < -0.3 is 14.6 Å². The number of carbonyl (C=O) groups excluding carboxylic acids is 1. The maximum Gasteiger partial charge on any atom is 0.410 e. The largest absolute Gasteiger partial charge is 0.444 e. The number of rotatable bonds is 1. The lowest BCUT2D eigenvalue weighted by molar-refractivity contribution is 0.0223. The van der Waals surface area contributed by atoms with E-state index in [0.29, 0.717) is 12.1 Å². The van der Waals surface area contributed by atoms with Gasteiger partial charge in [-0.3, -0.25) is 4.79 Å². The van der Waals surface area contributed by atoms with Gasteiger partial charge in [-0.05, 0) is 45.7 Å². The zero-order valence-corrected chi connectivity index (χ0v) is 11.6. The molecule has 1 atom stereocenters. The van der Waals surface area contributed by atoms with E-state index in [1.165, 1.54) is 0 Å². The molecule has 0 unspecified atom stereocenters. The van der Waals surface area contributed by atoms with E-state index in [-0.39, 0.29) is 17.7 Å². The van der Waals surface area contributed by atoms with Crippen molar-refractivity contribution >= 4 is 6.09 Å². The van der Waals surface area contributed by atoms with E-state index in [2.05, 4.69) is 4.98 Å². The summed E-state index contributed by atoms with van der Waals surface area (Å²) in [6, 6.07) is 3.37. The molecule has 1 aliphatic heterocycles. The van der Waals surface area contributed by atoms with Crippen LogP contribution in [-0.4, -0.2) is 28.1 Å². The zero-order valence-electron chi connectivity index (χ0n) is 11.6. The molecule has 2 rings (SSSR count). The molecule has 1 N–H and O–H groups in total. The summed E-state index contributed by atoms with van der Waals surface area (Å²) in [6.07, 6.45) is 2.93. The predicted octanol–water partition coefficient (Wildman–Crippen LogP) is 2.45. The summed E-state index contributed by atoms with van der Waals surface area (Å²) in [5.74, 6) is 0. The van der Waals surface area contributed by atoms with Crippen LogP contribution in [0.1, 0.15) is 45.2 Å². The molecule has 1 saturated heterocycles. The number of hydrogen-bond donors (Lipinski definition) is 1. The summed E-state index contributed by atoms with van der Waals surface area (Å²) in [7, 11) is 0. The lowest BCUT2D eigenvalue weighted by Gasteiger charge is -2.28. The summed E-state index contributed by atoms with van der Waals surface area (Å²) >= 11 is 0. The molecule has 5 heteroatoms. The molecule has 0 aliphatic carbocycles. The van der Waals surface area contributed by atoms with Crippen LogP contribution in [0, 0.1) is 0 Å². The highest BCUT2D eigenvalue weighted by atomic mass is 16.6. The SMILES string of the molecule is CC(C)(C)OC(=O)N1CCC[C@@H]1c1ccc[nH]c1=O. The van der Waals surface area contributed by atoms with E-state index in [9.17, 15) is 9.59 Å². The first-order valence-corrected chi connectivity index (χ1v) is 6.56. The number of carbonyl (C=O) groups is 1. The molecule has 0 spiro atoms. The van der Waals surface area contributed by atoms with E-state index in [4.69, 9.17) is 4.74 Å². The molecule has 1 aliphatic rings. The summed E-state index contributed by atoms with van der Waals surface area (Å²) in [6.45, 7) is 6.15. The molecule has 5 nitrogen and oxygen atoms in total. The highest BCUT2D eigenvalue weighted by molar-refractivity contribution is 5.69. The molecule has 1 amide bonds. The van der Waals surface area contributed by atoms with Gasteiger partial charge in [0.2, 0.25) is 0 Å². The normalized spacial score (nSPS) is 19.5. The Balaban J connectivity index is 2.20. The van der Waals surface area contributed by atoms with E-state index in [1.807, 2.05) is 20.8 Å². The van der Waals surface area contributed by atoms with Crippen LogP contribution in [0.4, 0.5) is 4.79 Å². The number of pyridine rings is 1. The first kappa shape index (κ1) is 13.6. The second kappa shape index (κ2) is 5.07. The highest BCUT2D eigenvalue weighted by Gasteiger charge is 2.34. The van der Waals surface area contributed by atoms with Crippen LogP contribution >= 0.6 is 0 Å². The minimum absolute atomic E-state index is 0.136. The second-order valence-corrected chi connectivity index (χ2v) is 5.79. The minimum atomic E-state index is -0.521. The highest BCUT2D eigenvalue weighted by Crippen LogP contribution is 2.31. The fourth-order valence-corrected chi connectivity index (χ4v) is 2.33. The smallest absolute Gasteiger partial charge is 0.410 e. The monoisotopic (exact) mass is 264 g/mol. The van der Waals surface area contributed by atoms with Crippen molar-refractivity contribution in [1.82, 2.24) is 9.88 Å². The van der Waals surface area contributed by atoms with Crippen molar-refractivity contribution in [3.8, 4) is 0 Å². The van der Waals surface area contributed by atoms with Crippen molar-refractivity contribution in [3.63, 3.8) is 0 Å². The van der Waals surface area contributed by atoms with Crippen LogP contribution in [0.15, 0.2) is 23.1 Å². The molecule has 2 heterocycles. The Morgan fingerprint density at radius 3 is 2.84 bits per heavy atom. The molecule has 0 saturated carbocycles. The summed E-state index contributed by atoms with van der Waals surface area (Å²) < 4.78 is 5.39. The average Bonchev–Trinajstić information content (AvgIpc) is 2.76. The van der Waals surface area contributed by atoms with Gasteiger partial charge in [-0.2, -0.15) is 0 Å². The Hall–Kier alpha value is -1.78. The first-order valence-electron chi connectivity index (χ1n) is 6.56. The Bertz CT molecular complexity index is 516. The molecule has 0 aromatic carbocycles. The molecule has 1 aromatic heterocycles. The Morgan fingerprint density at radius 2 is 2.21 bits per heavy atom. The number of ether oxygens (including phenoxy) is 1. The number of hydrogen-bond acceptors (Lipinski definition) is 3. The Labute approximate surface area is 112 Å². The van der Waals surface area contributed by atoms with E-state index in [0.717, 1.165) is 12.8 Å². The maximum atomic E-state index is 12.1. The van der Waals surface area contributed by atoms with Crippen LogP contribution in [0.25, 0.3) is 0 Å². The number of amides is 1. The number of nitrogens with zero attached hydrogens (tertiary/aromatic N) is 1. The van der Waals surface area contributed by atoms with Gasteiger partial charge in [0.05, 0.1) is 6.04 Å². The van der Waals surface area contributed by atoms with Crippen LogP contribution in [0.3, 0.4) is 0 Å². The van der Waals surface area contributed by atoms with Crippen molar-refractivity contribution in [2.45, 2.75) is 45.3 Å². The van der Waals surface area contributed by atoms with E-state index < -0.39 is 5.60 Å². The molecule has 1 fully saturated rings. The number of aromatic nitrogens is 1. The quantitative estimate of drug-likeness (QED) is 0.847. The number of likely N-dealkylation sites (tertiary alicyclic amines) is 1. The van der Waals surface area contributed by atoms with Crippen molar-refractivity contribution in [3.05, 3.63) is 34.2 Å². The fraction of sp³-hybridized carbons (Fsp3) is 0.571. The van der Waals surface area contributed by atoms with Gasteiger partial charge in [-0.15, -0.1) is 0 Å². The predicted molar refractivity (Wildman–Crippen MR) is 72.0 cm³/mol. The molecule has 0 radical (unpaired) electrons. The minimum Gasteiger partial charge on any atom is -0.444 e. The first-order chi connectivity index (χ1) is 8.88. The summed E-state index contributed by atoms with van der Waals surface area (Å²) in [5.41, 5.74) is -0.0262. The lowest BCUT2D eigenvalue weighted by Crippen LogP contribution is -2.37. The summed E-state index contributed by atoms with van der Waals surface area (Å²) in [5, 5.41) is 0. The van der Waals surface area contributed by atoms with Gasteiger partial charge in [-0.1, -0.05) is 0 Å². The topological polar surface area (TPSA) is 62.4 Å². The van der Waals surface area contributed by atoms with Crippen molar-refractivity contribution < 1.29 is 9.53 Å². The standard InChI is InChI=1S/C14H20N2O3/c1-14(2,3)19-13(18)16-9-5-7-11(16)10-6-4-8-15-12(10)17/h4,6,8,11H,5,7,9H2,1-3H3,(H,15,17)/t11-/m1/s1. The molecule has 0 bridgehead atoms. The molecule has 1 aromatic rings. The molecular weight excluding hydrogens is 244 g/mol. The van der Waals surface area contributed by atoms with Crippen molar-refractivity contribution in [2.24, 2.45) is 0 Å². The van der Waals surface area contributed by atoms with Crippen molar-refractivity contribution in [1.29, 1.82) is 0 Å². The van der Waals surface area contributed by atoms with Gasteiger partial charge in [0, 0.05) is 18.3 Å². The van der Waals surface area contributed by atoms with Crippen LogP contribution < -0.4 is 5.56 Å². The van der Waals surface area contributed by atoms with Gasteiger partial charge in [0.1, 0.15) is 5.60 Å². The average molecular weight is 264 g/mol. The molecular formula is C14H20N2O3. The van der Waals surface area contributed by atoms with Gasteiger partial charge in [0.25, 0.3) is 5.56 Å². The Morgan fingerprint density at radius 1 is 1.47 bits per heavy atom. The second-order valence-electron chi connectivity index (χ2n) is 5.79. The third kappa shape index (κ3) is 3.16. The van der Waals surface area contributed by atoms with Crippen LogP contribution in [-0.2, 0) is 4.74 Å². The summed E-state index contributed by atoms with van der Waals surface area (Å²) in [4.78, 5) is 28.3. The molecule has 19 heavy (non-hydrogen) atoms. The fourth-order valence-electron chi connectivity index (χ4n) is 2.33. The van der Waals surface area contributed by atoms with Crippen molar-refractivity contribution in [2.75, 3.05) is 6.54 Å². The van der Waals surface area contributed by atoms with E-state index in [1.54, 1.807) is 23.2 Å². The zero-order chi connectivity index (χ0) is 14.0. The number of nitrogens with one attached hydrogen (secondary N) is 1.